The molecule has 2 aliphatic rings. The number of fused-ring (bicyclic) bond motifs is 6. The van der Waals surface area contributed by atoms with Crippen molar-refractivity contribution in [3.63, 3.8) is 0 Å². The molecule has 4 aromatic carbocycles. The van der Waals surface area contributed by atoms with Gasteiger partial charge in [-0.05, 0) is 44.5 Å². The van der Waals surface area contributed by atoms with Crippen LogP contribution in [0.4, 0.5) is 0 Å². The Hall–Kier alpha value is -3.60. The maximum atomic E-state index is 3.84. The quantitative estimate of drug-likeness (QED) is 0.266. The lowest BCUT2D eigenvalue weighted by molar-refractivity contribution is 1.65. The van der Waals surface area contributed by atoms with Crippen molar-refractivity contribution in [2.24, 2.45) is 0 Å². The van der Waals surface area contributed by atoms with Gasteiger partial charge < -0.3 is 0 Å². The molecule has 124 valence electrons. The van der Waals surface area contributed by atoms with E-state index < -0.39 is 0 Å². The van der Waals surface area contributed by atoms with Crippen LogP contribution < -0.4 is 0 Å². The fourth-order valence-corrected chi connectivity index (χ4v) is 4.43. The fourth-order valence-electron chi connectivity index (χ4n) is 4.43. The van der Waals surface area contributed by atoms with Crippen LogP contribution in [0.15, 0.2) is 103 Å². The molecule has 0 N–H and O–H groups in total. The number of hydrogen-bond acceptors (Lipinski definition) is 0. The average Bonchev–Trinajstić information content (AvgIpc) is 3.23. The Kier molecular flexibility index (Phi) is 2.94. The second kappa shape index (κ2) is 5.45. The summed E-state index contributed by atoms with van der Waals surface area (Å²) in [5, 5.41) is 0. The summed E-state index contributed by atoms with van der Waals surface area (Å²) in [4.78, 5) is 0. The van der Waals surface area contributed by atoms with Crippen molar-refractivity contribution in [2.75, 3.05) is 0 Å². The van der Waals surface area contributed by atoms with Crippen LogP contribution in [0, 0.1) is 0 Å². The zero-order valence-electron chi connectivity index (χ0n) is 14.7. The molecule has 0 aromatic heterocycles. The van der Waals surface area contributed by atoms with E-state index in [-0.39, 0.29) is 0 Å². The molecule has 0 heteroatoms. The number of rotatable bonds is 0. The predicted octanol–water partition coefficient (Wildman–Crippen LogP) is 6.81. The summed E-state index contributed by atoms with van der Waals surface area (Å²) >= 11 is 0. The summed E-state index contributed by atoms with van der Waals surface area (Å²) in [5.41, 5.74) is 16.5. The molecule has 0 bridgehead atoms. The van der Waals surface area contributed by atoms with Gasteiger partial charge in [0.05, 0.1) is 0 Å². The molecule has 0 amide bonds. The lowest BCUT2D eigenvalue weighted by Gasteiger charge is -2.02. The van der Waals surface area contributed by atoms with Crippen LogP contribution in [0.5, 0.6) is 0 Å². The van der Waals surface area contributed by atoms with Crippen molar-refractivity contribution in [1.82, 2.24) is 0 Å². The van der Waals surface area contributed by atoms with Crippen LogP contribution in [0.1, 0.15) is 22.3 Å². The monoisotopic (exact) mass is 340 g/mol. The molecule has 27 heavy (non-hydrogen) atoms. The summed E-state index contributed by atoms with van der Waals surface area (Å²) in [5.74, 6) is 0. The van der Waals surface area contributed by atoms with Crippen LogP contribution in [0.25, 0.3) is 33.4 Å². The van der Waals surface area contributed by atoms with Crippen molar-refractivity contribution in [1.29, 1.82) is 0 Å². The highest BCUT2D eigenvalue weighted by molar-refractivity contribution is 6.06. The van der Waals surface area contributed by atoms with Gasteiger partial charge in [0.1, 0.15) is 0 Å². The lowest BCUT2D eigenvalue weighted by Crippen LogP contribution is -1.83. The van der Waals surface area contributed by atoms with Crippen LogP contribution in [0.3, 0.4) is 0 Å². The van der Waals surface area contributed by atoms with Crippen molar-refractivity contribution < 1.29 is 0 Å². The third-order valence-corrected chi connectivity index (χ3v) is 5.62. The molecule has 4 aromatic rings. The Bertz CT molecular complexity index is 1100. The highest BCUT2D eigenvalue weighted by atomic mass is 14.3. The van der Waals surface area contributed by atoms with Gasteiger partial charge in [-0.3, -0.25) is 0 Å². The first-order valence-electron chi connectivity index (χ1n) is 9.31. The summed E-state index contributed by atoms with van der Waals surface area (Å²) in [6.07, 6.45) is 0. The SMILES string of the molecule is C(=C1c2ccccc2-c2ccccc21)=C1c2ccccc2-c2ccccc21. The molecule has 2 aliphatic carbocycles. The first-order valence-corrected chi connectivity index (χ1v) is 9.31. The molecule has 0 aliphatic heterocycles. The van der Waals surface area contributed by atoms with E-state index in [0.29, 0.717) is 0 Å². The minimum absolute atomic E-state index is 1.20. The largest absolute Gasteiger partial charge is 0.102 e. The molecule has 0 saturated heterocycles. The summed E-state index contributed by atoms with van der Waals surface area (Å²) in [6, 6.07) is 34.6. The van der Waals surface area contributed by atoms with Gasteiger partial charge in [0.15, 0.2) is 0 Å². The van der Waals surface area contributed by atoms with E-state index in [1.807, 2.05) is 0 Å². The van der Waals surface area contributed by atoms with Crippen LogP contribution >= 0.6 is 0 Å². The number of hydrogen-bond donors (Lipinski definition) is 0. The summed E-state index contributed by atoms with van der Waals surface area (Å²) in [7, 11) is 0. The van der Waals surface area contributed by atoms with Crippen molar-refractivity contribution >= 4 is 11.1 Å². The van der Waals surface area contributed by atoms with Gasteiger partial charge in [0.2, 0.25) is 0 Å². The Morgan fingerprint density at radius 3 is 0.778 bits per heavy atom. The summed E-state index contributed by atoms with van der Waals surface area (Å²) < 4.78 is 0. The average molecular weight is 340 g/mol. The zero-order valence-corrected chi connectivity index (χ0v) is 14.7. The lowest BCUT2D eigenvalue weighted by atomic mass is 10.00. The molecular formula is C27H16. The molecule has 0 radical (unpaired) electrons. The standard InChI is InChI=1S/C27H16/c1-5-13-22-18(9-1)19-10-2-6-14-23(19)26(22)17-27-24-15-7-3-11-20(24)21-12-4-8-16-25(21)27/h1-16H. The highest BCUT2D eigenvalue weighted by Crippen LogP contribution is 2.47. The van der Waals surface area contributed by atoms with Crippen molar-refractivity contribution in [3.8, 4) is 22.3 Å². The van der Waals surface area contributed by atoms with Crippen LogP contribution in [-0.2, 0) is 0 Å². The van der Waals surface area contributed by atoms with E-state index in [1.165, 1.54) is 55.7 Å². The van der Waals surface area contributed by atoms with Gasteiger partial charge in [-0.1, -0.05) is 97.1 Å². The third-order valence-electron chi connectivity index (χ3n) is 5.62. The van der Waals surface area contributed by atoms with E-state index in [4.69, 9.17) is 0 Å². The second-order valence-electron chi connectivity index (χ2n) is 7.06. The molecule has 0 spiro atoms. The molecule has 6 rings (SSSR count). The van der Waals surface area contributed by atoms with E-state index >= 15 is 0 Å². The Morgan fingerprint density at radius 1 is 0.296 bits per heavy atom. The molecule has 0 fully saturated rings. The normalized spacial score (nSPS) is 12.9. The van der Waals surface area contributed by atoms with Gasteiger partial charge in [-0.15, -0.1) is 5.73 Å². The van der Waals surface area contributed by atoms with Gasteiger partial charge in [-0.2, -0.15) is 0 Å². The maximum absolute atomic E-state index is 3.84. The Morgan fingerprint density at radius 2 is 0.519 bits per heavy atom. The zero-order chi connectivity index (χ0) is 17.8. The van der Waals surface area contributed by atoms with Gasteiger partial charge >= 0.3 is 0 Å². The minimum Gasteiger partial charge on any atom is -0.102 e. The van der Waals surface area contributed by atoms with Crippen molar-refractivity contribution in [2.45, 2.75) is 0 Å². The van der Waals surface area contributed by atoms with Gasteiger partial charge in [-0.25, -0.2) is 0 Å². The first-order chi connectivity index (χ1) is 13.4. The smallest absolute Gasteiger partial charge is 0.0328 e. The number of benzene rings is 4. The molecule has 0 atom stereocenters. The summed E-state index contributed by atoms with van der Waals surface area (Å²) in [6.45, 7) is 0. The molecule has 0 heterocycles. The fraction of sp³-hybridized carbons (Fsp3) is 0. The van der Waals surface area contributed by atoms with E-state index in [1.54, 1.807) is 0 Å². The Balaban J connectivity index is 1.76. The molecule has 0 nitrogen and oxygen atoms in total. The van der Waals surface area contributed by atoms with E-state index in [0.717, 1.165) is 0 Å². The molecule has 0 saturated carbocycles. The highest BCUT2D eigenvalue weighted by Gasteiger charge is 2.26. The van der Waals surface area contributed by atoms with Crippen LogP contribution in [0.2, 0.25) is 0 Å². The molecular weight excluding hydrogens is 324 g/mol. The third kappa shape index (κ3) is 1.99. The van der Waals surface area contributed by atoms with Gasteiger partial charge in [0.25, 0.3) is 0 Å². The second-order valence-corrected chi connectivity index (χ2v) is 7.06. The Labute approximate surface area is 158 Å². The van der Waals surface area contributed by atoms with Gasteiger partial charge in [0, 0.05) is 11.1 Å². The first kappa shape index (κ1) is 14.6. The topological polar surface area (TPSA) is 0 Å². The maximum Gasteiger partial charge on any atom is 0.0328 e. The molecule has 0 unspecified atom stereocenters. The van der Waals surface area contributed by atoms with Crippen molar-refractivity contribution in [3.05, 3.63) is 125 Å². The predicted molar refractivity (Wildman–Crippen MR) is 112 cm³/mol. The van der Waals surface area contributed by atoms with Crippen LogP contribution in [-0.4, -0.2) is 0 Å². The minimum atomic E-state index is 1.20. The van der Waals surface area contributed by atoms with E-state index in [9.17, 15) is 0 Å². The van der Waals surface area contributed by atoms with E-state index in [2.05, 4.69) is 103 Å².